The zero-order valence-electron chi connectivity index (χ0n) is 15.2. The predicted octanol–water partition coefficient (Wildman–Crippen LogP) is 4.24. The summed E-state index contributed by atoms with van der Waals surface area (Å²) in [5, 5.41) is 1.05. The van der Waals surface area contributed by atoms with Crippen molar-refractivity contribution in [3.63, 3.8) is 0 Å². The molecule has 0 aliphatic rings. The minimum atomic E-state index is -0.438. The molecule has 1 aromatic heterocycles. The van der Waals surface area contributed by atoms with E-state index in [-0.39, 0.29) is 5.97 Å². The Morgan fingerprint density at radius 1 is 1.16 bits per heavy atom. The van der Waals surface area contributed by atoms with Gasteiger partial charge in [-0.25, -0.2) is 0 Å². The predicted molar refractivity (Wildman–Crippen MR) is 102 cm³/mol. The van der Waals surface area contributed by atoms with Gasteiger partial charge < -0.3 is 14.6 Å². The zero-order chi connectivity index (χ0) is 18.0. The number of hydrogen-bond acceptors (Lipinski definition) is 3. The molecular weight excluding hydrogens is 312 g/mol. The largest absolute Gasteiger partial charge is 0.465 e. The van der Waals surface area contributed by atoms with Crippen LogP contribution in [0.5, 0.6) is 0 Å². The fraction of sp³-hybridized carbons (Fsp3) is 0.286. The smallest absolute Gasteiger partial charge is 0.318 e. The van der Waals surface area contributed by atoms with Crippen molar-refractivity contribution in [2.75, 3.05) is 25.6 Å². The summed E-state index contributed by atoms with van der Waals surface area (Å²) in [5.41, 5.74) is 5.15. The number of nitrogens with zero attached hydrogens (tertiary/aromatic N) is 1. The van der Waals surface area contributed by atoms with E-state index in [2.05, 4.69) is 16.0 Å². The minimum absolute atomic E-state index is 0.215. The normalized spacial score (nSPS) is 12.2. The Kier molecular flexibility index (Phi) is 4.79. The van der Waals surface area contributed by atoms with E-state index in [0.717, 1.165) is 33.3 Å². The van der Waals surface area contributed by atoms with E-state index >= 15 is 0 Å². The van der Waals surface area contributed by atoms with Crippen LogP contribution in [0.3, 0.4) is 0 Å². The monoisotopic (exact) mass is 336 g/mol. The standard InChI is InChI=1S/C21H24N2O2/c1-5-25-21(24)20(16-11-10-15(23(3)4)12-14(16)2)18-13-22-19-9-7-6-8-17(18)19/h6-13,20,22H,5H2,1-4H3. The lowest BCUT2D eigenvalue weighted by Gasteiger charge is -2.20. The molecule has 130 valence electrons. The number of anilines is 1. The van der Waals surface area contributed by atoms with Crippen molar-refractivity contribution in [3.8, 4) is 0 Å². The van der Waals surface area contributed by atoms with Crippen molar-refractivity contribution < 1.29 is 9.53 Å². The van der Waals surface area contributed by atoms with Gasteiger partial charge in [0, 0.05) is 36.9 Å². The van der Waals surface area contributed by atoms with E-state index < -0.39 is 5.92 Å². The number of ether oxygens (including phenoxy) is 1. The average molecular weight is 336 g/mol. The first-order valence-electron chi connectivity index (χ1n) is 8.53. The molecule has 3 rings (SSSR count). The molecule has 0 bridgehead atoms. The molecule has 0 aliphatic heterocycles. The molecule has 4 heteroatoms. The number of carbonyl (C=O) groups excluding carboxylic acids is 1. The summed E-state index contributed by atoms with van der Waals surface area (Å²) >= 11 is 0. The molecule has 0 spiro atoms. The third-order valence-corrected chi connectivity index (χ3v) is 4.54. The van der Waals surface area contributed by atoms with Crippen molar-refractivity contribution in [2.45, 2.75) is 19.8 Å². The Labute approximate surface area is 148 Å². The van der Waals surface area contributed by atoms with Crippen LogP contribution in [0, 0.1) is 6.92 Å². The van der Waals surface area contributed by atoms with Gasteiger partial charge in [-0.2, -0.15) is 0 Å². The number of aromatic nitrogens is 1. The number of aromatic amines is 1. The number of esters is 1. The number of aryl methyl sites for hydroxylation is 1. The molecule has 0 amide bonds. The molecule has 1 N–H and O–H groups in total. The number of nitrogens with one attached hydrogen (secondary N) is 1. The number of carbonyl (C=O) groups is 1. The summed E-state index contributed by atoms with van der Waals surface area (Å²) in [6, 6.07) is 14.2. The Morgan fingerprint density at radius 3 is 2.60 bits per heavy atom. The fourth-order valence-electron chi connectivity index (χ4n) is 3.24. The van der Waals surface area contributed by atoms with Gasteiger partial charge in [-0.05, 0) is 48.7 Å². The molecule has 2 aromatic carbocycles. The second kappa shape index (κ2) is 7.01. The Morgan fingerprint density at radius 2 is 1.92 bits per heavy atom. The third-order valence-electron chi connectivity index (χ3n) is 4.54. The van der Waals surface area contributed by atoms with Crippen LogP contribution in [0.2, 0.25) is 0 Å². The lowest BCUT2D eigenvalue weighted by molar-refractivity contribution is -0.143. The highest BCUT2D eigenvalue weighted by atomic mass is 16.5. The second-order valence-electron chi connectivity index (χ2n) is 6.41. The van der Waals surface area contributed by atoms with E-state index in [4.69, 9.17) is 4.74 Å². The van der Waals surface area contributed by atoms with Gasteiger partial charge in [0.2, 0.25) is 0 Å². The Hall–Kier alpha value is -2.75. The van der Waals surface area contributed by atoms with Gasteiger partial charge in [0.05, 0.1) is 6.61 Å². The Bertz CT molecular complexity index is 896. The quantitative estimate of drug-likeness (QED) is 0.709. The van der Waals surface area contributed by atoms with Crippen molar-refractivity contribution >= 4 is 22.6 Å². The molecule has 25 heavy (non-hydrogen) atoms. The van der Waals surface area contributed by atoms with Crippen LogP contribution in [0.1, 0.15) is 29.5 Å². The maximum Gasteiger partial charge on any atom is 0.318 e. The van der Waals surface area contributed by atoms with Crippen molar-refractivity contribution in [1.82, 2.24) is 4.98 Å². The maximum atomic E-state index is 12.8. The van der Waals surface area contributed by atoms with E-state index in [9.17, 15) is 4.79 Å². The van der Waals surface area contributed by atoms with Crippen LogP contribution in [0.15, 0.2) is 48.7 Å². The van der Waals surface area contributed by atoms with Gasteiger partial charge in [0.1, 0.15) is 5.92 Å². The van der Waals surface area contributed by atoms with Crippen LogP contribution in [-0.2, 0) is 9.53 Å². The highest BCUT2D eigenvalue weighted by Crippen LogP contribution is 2.34. The van der Waals surface area contributed by atoms with Crippen LogP contribution >= 0.6 is 0 Å². The summed E-state index contributed by atoms with van der Waals surface area (Å²) in [6.07, 6.45) is 1.92. The number of rotatable bonds is 5. The van der Waals surface area contributed by atoms with Crippen molar-refractivity contribution in [2.24, 2.45) is 0 Å². The number of fused-ring (bicyclic) bond motifs is 1. The van der Waals surface area contributed by atoms with Gasteiger partial charge in [0.25, 0.3) is 0 Å². The lowest BCUT2D eigenvalue weighted by atomic mass is 9.88. The minimum Gasteiger partial charge on any atom is -0.465 e. The first-order chi connectivity index (χ1) is 12.0. The van der Waals surface area contributed by atoms with E-state index in [0.29, 0.717) is 6.61 Å². The first-order valence-corrected chi connectivity index (χ1v) is 8.53. The molecule has 0 saturated heterocycles. The average Bonchev–Trinajstić information content (AvgIpc) is 3.01. The topological polar surface area (TPSA) is 45.3 Å². The number of hydrogen-bond donors (Lipinski definition) is 1. The van der Waals surface area contributed by atoms with Crippen LogP contribution in [0.25, 0.3) is 10.9 Å². The number of benzene rings is 2. The van der Waals surface area contributed by atoms with Crippen LogP contribution in [-0.4, -0.2) is 31.7 Å². The molecule has 0 saturated carbocycles. The lowest BCUT2D eigenvalue weighted by Crippen LogP contribution is -2.18. The van der Waals surface area contributed by atoms with Crippen LogP contribution < -0.4 is 4.90 Å². The molecule has 1 unspecified atom stereocenters. The molecule has 0 aliphatic carbocycles. The number of H-pyrrole nitrogens is 1. The van der Waals surface area contributed by atoms with Crippen molar-refractivity contribution in [1.29, 1.82) is 0 Å². The molecule has 1 heterocycles. The number of para-hydroxylation sites is 1. The summed E-state index contributed by atoms with van der Waals surface area (Å²) < 4.78 is 5.40. The van der Waals surface area contributed by atoms with E-state index in [1.807, 2.05) is 70.5 Å². The summed E-state index contributed by atoms with van der Waals surface area (Å²) in [4.78, 5) is 18.1. The second-order valence-corrected chi connectivity index (χ2v) is 6.41. The summed E-state index contributed by atoms with van der Waals surface area (Å²) in [5.74, 6) is -0.653. The first kappa shape index (κ1) is 17.1. The fourth-order valence-corrected chi connectivity index (χ4v) is 3.24. The molecular formula is C21H24N2O2. The maximum absolute atomic E-state index is 12.8. The van der Waals surface area contributed by atoms with Crippen LogP contribution in [0.4, 0.5) is 5.69 Å². The van der Waals surface area contributed by atoms with Gasteiger partial charge in [-0.3, -0.25) is 4.79 Å². The van der Waals surface area contributed by atoms with Gasteiger partial charge in [-0.1, -0.05) is 24.3 Å². The molecule has 4 nitrogen and oxygen atoms in total. The van der Waals surface area contributed by atoms with E-state index in [1.165, 1.54) is 0 Å². The highest BCUT2D eigenvalue weighted by molar-refractivity contribution is 5.92. The third kappa shape index (κ3) is 3.25. The van der Waals surface area contributed by atoms with Gasteiger partial charge in [-0.15, -0.1) is 0 Å². The summed E-state index contributed by atoms with van der Waals surface area (Å²) in [7, 11) is 4.02. The molecule has 3 aromatic rings. The SMILES string of the molecule is CCOC(=O)C(c1ccc(N(C)C)cc1C)c1c[nH]c2ccccc12. The molecule has 0 radical (unpaired) electrons. The zero-order valence-corrected chi connectivity index (χ0v) is 15.2. The van der Waals surface area contributed by atoms with Crippen molar-refractivity contribution in [3.05, 3.63) is 65.4 Å². The Balaban J connectivity index is 2.15. The van der Waals surface area contributed by atoms with Gasteiger partial charge >= 0.3 is 5.97 Å². The highest BCUT2D eigenvalue weighted by Gasteiger charge is 2.28. The summed E-state index contributed by atoms with van der Waals surface area (Å²) in [6.45, 7) is 4.25. The molecule has 0 fully saturated rings. The van der Waals surface area contributed by atoms with E-state index in [1.54, 1.807) is 0 Å². The van der Waals surface area contributed by atoms with Gasteiger partial charge in [0.15, 0.2) is 0 Å². The molecule has 1 atom stereocenters.